The summed E-state index contributed by atoms with van der Waals surface area (Å²) in [5.74, 6) is 0.524. The molecule has 5 nitrogen and oxygen atoms in total. The van der Waals surface area contributed by atoms with Crippen LogP contribution in [0.25, 0.3) is 6.08 Å². The number of ether oxygens (including phenoxy) is 1. The van der Waals surface area contributed by atoms with Crippen molar-refractivity contribution in [3.63, 3.8) is 0 Å². The molecule has 0 radical (unpaired) electrons. The maximum atomic E-state index is 10.7. The molecule has 0 unspecified atom stereocenters. The SMILES string of the molecule is C=CCCc1coc(/C=C\CNC(=O)OC)n1. The molecule has 0 fully saturated rings. The van der Waals surface area contributed by atoms with Crippen LogP contribution >= 0.6 is 0 Å². The summed E-state index contributed by atoms with van der Waals surface area (Å²) in [4.78, 5) is 15.0. The van der Waals surface area contributed by atoms with Gasteiger partial charge in [0.25, 0.3) is 0 Å². The maximum absolute atomic E-state index is 10.7. The molecule has 1 N–H and O–H groups in total. The molecule has 1 aromatic heterocycles. The van der Waals surface area contributed by atoms with Crippen molar-refractivity contribution >= 4 is 12.2 Å². The van der Waals surface area contributed by atoms with Crippen molar-refractivity contribution in [2.45, 2.75) is 12.8 Å². The van der Waals surface area contributed by atoms with Gasteiger partial charge in [0.2, 0.25) is 5.89 Å². The van der Waals surface area contributed by atoms with Crippen LogP contribution in [0.5, 0.6) is 0 Å². The summed E-state index contributed by atoms with van der Waals surface area (Å²) in [5, 5.41) is 2.51. The quantitative estimate of drug-likeness (QED) is 0.769. The number of rotatable bonds is 6. The Labute approximate surface area is 100 Å². The van der Waals surface area contributed by atoms with Crippen LogP contribution in [0.3, 0.4) is 0 Å². The van der Waals surface area contributed by atoms with Crippen molar-refractivity contribution in [1.82, 2.24) is 10.3 Å². The molecular weight excluding hydrogens is 220 g/mol. The van der Waals surface area contributed by atoms with Gasteiger partial charge in [-0.2, -0.15) is 0 Å². The Balaban J connectivity index is 2.35. The molecule has 1 amide bonds. The van der Waals surface area contributed by atoms with Gasteiger partial charge >= 0.3 is 6.09 Å². The van der Waals surface area contributed by atoms with Crippen LogP contribution in [0.15, 0.2) is 29.4 Å². The van der Waals surface area contributed by atoms with E-state index in [-0.39, 0.29) is 0 Å². The Morgan fingerprint density at radius 3 is 3.24 bits per heavy atom. The molecule has 0 bridgehead atoms. The lowest BCUT2D eigenvalue weighted by Crippen LogP contribution is -2.22. The van der Waals surface area contributed by atoms with Crippen LogP contribution in [-0.2, 0) is 11.2 Å². The third kappa shape index (κ3) is 5.01. The molecule has 0 aliphatic rings. The number of hydrogen-bond donors (Lipinski definition) is 1. The second-order valence-electron chi connectivity index (χ2n) is 3.28. The number of nitrogens with one attached hydrogen (secondary N) is 1. The largest absolute Gasteiger partial charge is 0.453 e. The highest BCUT2D eigenvalue weighted by molar-refractivity contribution is 5.67. The minimum absolute atomic E-state index is 0.372. The summed E-state index contributed by atoms with van der Waals surface area (Å²) >= 11 is 0. The number of allylic oxidation sites excluding steroid dienone is 1. The first kappa shape index (κ1) is 13.0. The van der Waals surface area contributed by atoms with Crippen LogP contribution in [-0.4, -0.2) is 24.7 Å². The summed E-state index contributed by atoms with van der Waals surface area (Å²) in [6.45, 7) is 4.02. The molecule has 92 valence electrons. The van der Waals surface area contributed by atoms with Crippen LogP contribution in [0, 0.1) is 0 Å². The van der Waals surface area contributed by atoms with Gasteiger partial charge in [0.15, 0.2) is 0 Å². The van der Waals surface area contributed by atoms with E-state index in [1.54, 1.807) is 18.4 Å². The van der Waals surface area contributed by atoms with Crippen molar-refractivity contribution in [3.8, 4) is 0 Å². The van der Waals surface area contributed by atoms with Gasteiger partial charge < -0.3 is 14.5 Å². The lowest BCUT2D eigenvalue weighted by atomic mass is 10.2. The standard InChI is InChI=1S/C12H16N2O3/c1-3-4-6-10-9-17-11(14-10)7-5-8-13-12(15)16-2/h3,5,7,9H,1,4,6,8H2,2H3,(H,13,15)/b7-5-. The van der Waals surface area contributed by atoms with E-state index in [1.165, 1.54) is 7.11 Å². The predicted molar refractivity (Wildman–Crippen MR) is 64.5 cm³/mol. The van der Waals surface area contributed by atoms with Crippen LogP contribution in [0.4, 0.5) is 4.79 Å². The number of aryl methyl sites for hydroxylation is 1. The van der Waals surface area contributed by atoms with E-state index >= 15 is 0 Å². The minimum atomic E-state index is -0.464. The van der Waals surface area contributed by atoms with Crippen molar-refractivity contribution in [2.75, 3.05) is 13.7 Å². The molecule has 1 heterocycles. The summed E-state index contributed by atoms with van der Waals surface area (Å²) in [7, 11) is 1.32. The van der Waals surface area contributed by atoms with Gasteiger partial charge in [-0.1, -0.05) is 12.2 Å². The first-order valence-corrected chi connectivity index (χ1v) is 5.30. The Morgan fingerprint density at radius 2 is 2.53 bits per heavy atom. The topological polar surface area (TPSA) is 64.4 Å². The molecule has 0 spiro atoms. The number of hydrogen-bond acceptors (Lipinski definition) is 4. The molecule has 1 aromatic rings. The zero-order valence-corrected chi connectivity index (χ0v) is 9.81. The third-order valence-corrected chi connectivity index (χ3v) is 1.98. The van der Waals surface area contributed by atoms with Gasteiger partial charge in [0.05, 0.1) is 12.8 Å². The van der Waals surface area contributed by atoms with E-state index in [0.29, 0.717) is 12.4 Å². The predicted octanol–water partition coefficient (Wildman–Crippen LogP) is 2.16. The number of nitrogens with zero attached hydrogens (tertiary/aromatic N) is 1. The molecule has 0 aliphatic carbocycles. The molecule has 0 saturated carbocycles. The van der Waals surface area contributed by atoms with E-state index in [1.807, 2.05) is 6.08 Å². The molecule has 5 heteroatoms. The first-order chi connectivity index (χ1) is 8.26. The highest BCUT2D eigenvalue weighted by atomic mass is 16.5. The zero-order chi connectivity index (χ0) is 12.5. The number of carbonyl (C=O) groups excluding carboxylic acids is 1. The Morgan fingerprint density at radius 1 is 1.71 bits per heavy atom. The van der Waals surface area contributed by atoms with E-state index in [2.05, 4.69) is 21.6 Å². The molecule has 17 heavy (non-hydrogen) atoms. The first-order valence-electron chi connectivity index (χ1n) is 5.30. The van der Waals surface area contributed by atoms with Gasteiger partial charge in [-0.3, -0.25) is 0 Å². The minimum Gasteiger partial charge on any atom is -0.453 e. The summed E-state index contributed by atoms with van der Waals surface area (Å²) in [6, 6.07) is 0. The fraction of sp³-hybridized carbons (Fsp3) is 0.333. The molecular formula is C12H16N2O3. The molecule has 0 atom stereocenters. The van der Waals surface area contributed by atoms with Gasteiger partial charge in [-0.25, -0.2) is 9.78 Å². The number of aromatic nitrogens is 1. The molecule has 0 aromatic carbocycles. The number of amides is 1. The lowest BCUT2D eigenvalue weighted by molar-refractivity contribution is 0.172. The number of alkyl carbamates (subject to hydrolysis) is 1. The molecule has 0 saturated heterocycles. The molecule has 0 aliphatic heterocycles. The van der Waals surface area contributed by atoms with E-state index < -0.39 is 6.09 Å². The summed E-state index contributed by atoms with van der Waals surface area (Å²) in [6.07, 6.45) is 8.13. The van der Waals surface area contributed by atoms with E-state index in [0.717, 1.165) is 18.5 Å². The Hall–Kier alpha value is -2.04. The monoisotopic (exact) mass is 236 g/mol. The van der Waals surface area contributed by atoms with Crippen molar-refractivity contribution in [1.29, 1.82) is 0 Å². The van der Waals surface area contributed by atoms with Gasteiger partial charge in [0, 0.05) is 6.54 Å². The van der Waals surface area contributed by atoms with E-state index in [4.69, 9.17) is 4.42 Å². The summed E-state index contributed by atoms with van der Waals surface area (Å²) in [5.41, 5.74) is 0.894. The Kier molecular flexibility index (Phi) is 5.57. The van der Waals surface area contributed by atoms with Crippen LogP contribution < -0.4 is 5.32 Å². The Bertz CT molecular complexity index is 396. The zero-order valence-electron chi connectivity index (χ0n) is 9.81. The third-order valence-electron chi connectivity index (χ3n) is 1.98. The van der Waals surface area contributed by atoms with Crippen molar-refractivity contribution in [2.24, 2.45) is 0 Å². The van der Waals surface area contributed by atoms with Crippen LogP contribution in [0.1, 0.15) is 18.0 Å². The maximum Gasteiger partial charge on any atom is 0.407 e. The molecule has 1 rings (SSSR count). The second-order valence-corrected chi connectivity index (χ2v) is 3.28. The average molecular weight is 236 g/mol. The van der Waals surface area contributed by atoms with Gasteiger partial charge in [0.1, 0.15) is 6.26 Å². The summed E-state index contributed by atoms with van der Waals surface area (Å²) < 4.78 is 9.64. The fourth-order valence-electron chi connectivity index (χ4n) is 1.14. The number of oxazole rings is 1. The van der Waals surface area contributed by atoms with Crippen molar-refractivity contribution < 1.29 is 13.9 Å². The number of carbonyl (C=O) groups is 1. The smallest absolute Gasteiger partial charge is 0.407 e. The number of methoxy groups -OCH3 is 1. The van der Waals surface area contributed by atoms with Crippen LogP contribution in [0.2, 0.25) is 0 Å². The van der Waals surface area contributed by atoms with Gasteiger partial charge in [-0.05, 0) is 18.9 Å². The normalized spacial score (nSPS) is 10.4. The van der Waals surface area contributed by atoms with Gasteiger partial charge in [-0.15, -0.1) is 6.58 Å². The highest BCUT2D eigenvalue weighted by Crippen LogP contribution is 2.06. The fourth-order valence-corrected chi connectivity index (χ4v) is 1.14. The second kappa shape index (κ2) is 7.27. The lowest BCUT2D eigenvalue weighted by Gasteiger charge is -1.97. The highest BCUT2D eigenvalue weighted by Gasteiger charge is 1.99. The van der Waals surface area contributed by atoms with Crippen molar-refractivity contribution in [3.05, 3.63) is 36.6 Å². The average Bonchev–Trinajstić information content (AvgIpc) is 2.79. The van der Waals surface area contributed by atoms with E-state index in [9.17, 15) is 4.79 Å².